The van der Waals surface area contributed by atoms with Gasteiger partial charge in [0.25, 0.3) is 0 Å². The molecule has 0 fully saturated rings. The van der Waals surface area contributed by atoms with Gasteiger partial charge >= 0.3 is 0 Å². The Morgan fingerprint density at radius 2 is 1.81 bits per heavy atom. The van der Waals surface area contributed by atoms with Crippen molar-refractivity contribution < 1.29 is 15.3 Å². The van der Waals surface area contributed by atoms with E-state index >= 15 is 0 Å². The van der Waals surface area contributed by atoms with Crippen molar-refractivity contribution in [1.82, 2.24) is 4.98 Å². The van der Waals surface area contributed by atoms with Gasteiger partial charge in [-0.2, -0.15) is 0 Å². The minimum Gasteiger partial charge on any atom is -0.396 e. The largest absolute Gasteiger partial charge is 0.396 e. The second-order valence-corrected chi connectivity index (χ2v) is 3.84. The highest BCUT2D eigenvalue weighted by molar-refractivity contribution is 6.29. The fraction of sp³-hybridized carbons (Fsp3) is 0.444. The molecule has 0 aromatic carbocycles. The molecule has 0 aliphatic carbocycles. The van der Waals surface area contributed by atoms with Gasteiger partial charge in [0.2, 0.25) is 0 Å². The Labute approximate surface area is 97.7 Å². The smallest absolute Gasteiger partial charge is 0.151 e. The number of aliphatic hydroxyl groups excluding tert-OH is 3. The summed E-state index contributed by atoms with van der Waals surface area (Å²) in [6.07, 6.45) is 0. The summed E-state index contributed by atoms with van der Waals surface area (Å²) in [5.74, 6) is 0.213. The average Bonchev–Trinajstić information content (AvgIpc) is 2.31. The Balaban J connectivity index is 2.97. The Bertz CT molecular complexity index is 350. The molecule has 1 aromatic heterocycles. The number of nitrogens with one attached hydrogen (secondary N) is 1. The Hall–Kier alpha value is -1.08. The number of nitrogens with zero attached hydrogens (tertiary/aromatic N) is 1. The first-order valence-electron chi connectivity index (χ1n) is 4.59. The molecular weight excluding hydrogens is 234 g/mol. The number of aromatic nitrogens is 1. The highest BCUT2D eigenvalue weighted by Gasteiger charge is 2.28. The monoisotopic (exact) mass is 247 g/mol. The van der Waals surface area contributed by atoms with Gasteiger partial charge < -0.3 is 26.4 Å². The van der Waals surface area contributed by atoms with Gasteiger partial charge in [0, 0.05) is 0 Å². The lowest BCUT2D eigenvalue weighted by atomic mass is 10.0. The van der Waals surface area contributed by atoms with Gasteiger partial charge in [-0.25, -0.2) is 4.98 Å². The van der Waals surface area contributed by atoms with E-state index in [1.54, 1.807) is 0 Å². The van der Waals surface area contributed by atoms with E-state index < -0.39 is 25.4 Å². The van der Waals surface area contributed by atoms with Crippen molar-refractivity contribution in [3.05, 3.63) is 17.3 Å². The highest BCUT2D eigenvalue weighted by Crippen LogP contribution is 2.22. The number of hydrogen-bond donors (Lipinski definition) is 5. The minimum atomic E-state index is -1.27. The van der Waals surface area contributed by atoms with Crippen LogP contribution in [-0.4, -0.2) is 45.7 Å². The van der Waals surface area contributed by atoms with Crippen molar-refractivity contribution in [3.63, 3.8) is 0 Å². The maximum atomic E-state index is 9.11. The van der Waals surface area contributed by atoms with Gasteiger partial charge in [0.15, 0.2) is 5.82 Å². The molecule has 1 aromatic rings. The summed E-state index contributed by atoms with van der Waals surface area (Å²) in [7, 11) is 0. The van der Waals surface area contributed by atoms with Gasteiger partial charge in [-0.3, -0.25) is 0 Å². The third kappa shape index (κ3) is 2.73. The Morgan fingerprint density at radius 3 is 2.31 bits per heavy atom. The highest BCUT2D eigenvalue weighted by atomic mass is 35.5. The molecule has 90 valence electrons. The normalized spacial score (nSPS) is 11.5. The Kier molecular flexibility index (Phi) is 4.31. The van der Waals surface area contributed by atoms with Crippen molar-refractivity contribution >= 4 is 23.1 Å². The van der Waals surface area contributed by atoms with Gasteiger partial charge in [-0.1, -0.05) is 11.6 Å². The van der Waals surface area contributed by atoms with E-state index in [9.17, 15) is 0 Å². The summed E-state index contributed by atoms with van der Waals surface area (Å²) in [6, 6.07) is 3.05. The first-order valence-corrected chi connectivity index (χ1v) is 4.97. The summed E-state index contributed by atoms with van der Waals surface area (Å²) in [6.45, 7) is -1.39. The van der Waals surface area contributed by atoms with Crippen LogP contribution in [-0.2, 0) is 0 Å². The van der Waals surface area contributed by atoms with Gasteiger partial charge in [0.05, 0.1) is 25.5 Å². The molecule has 0 aliphatic rings. The number of nitrogens with two attached hydrogens (primary N) is 1. The first kappa shape index (κ1) is 13.0. The van der Waals surface area contributed by atoms with Crippen LogP contribution in [0.2, 0.25) is 5.15 Å². The second kappa shape index (κ2) is 5.31. The third-order valence-corrected chi connectivity index (χ3v) is 2.39. The van der Waals surface area contributed by atoms with Crippen molar-refractivity contribution in [1.29, 1.82) is 0 Å². The number of nitrogen functional groups attached to an aromatic ring is 1. The fourth-order valence-electron chi connectivity index (χ4n) is 1.07. The van der Waals surface area contributed by atoms with E-state index in [-0.39, 0.29) is 11.0 Å². The van der Waals surface area contributed by atoms with E-state index in [4.69, 9.17) is 32.7 Å². The molecule has 0 spiro atoms. The van der Waals surface area contributed by atoms with Crippen molar-refractivity contribution in [3.8, 4) is 0 Å². The zero-order chi connectivity index (χ0) is 12.2. The van der Waals surface area contributed by atoms with Crippen molar-refractivity contribution in [2.45, 2.75) is 5.54 Å². The molecule has 1 heterocycles. The lowest BCUT2D eigenvalue weighted by Crippen LogP contribution is -2.49. The first-order chi connectivity index (χ1) is 7.56. The SMILES string of the molecule is Nc1ccc(Cl)nc1NC(CO)(CO)CO. The number of aliphatic hydroxyl groups is 3. The molecule has 0 radical (unpaired) electrons. The quantitative estimate of drug-likeness (QED) is 0.446. The molecule has 0 saturated carbocycles. The van der Waals surface area contributed by atoms with Crippen molar-refractivity contribution in [2.24, 2.45) is 0 Å². The van der Waals surface area contributed by atoms with Crippen LogP contribution in [0.15, 0.2) is 12.1 Å². The minimum absolute atomic E-state index is 0.213. The number of pyridine rings is 1. The molecule has 1 rings (SSSR count). The Morgan fingerprint density at radius 1 is 1.25 bits per heavy atom. The molecule has 0 saturated heterocycles. The van der Waals surface area contributed by atoms with E-state index in [1.807, 2.05) is 0 Å². The predicted molar refractivity (Wildman–Crippen MR) is 61.3 cm³/mol. The van der Waals surface area contributed by atoms with Crippen molar-refractivity contribution in [2.75, 3.05) is 30.9 Å². The van der Waals surface area contributed by atoms with Crippen LogP contribution in [0.1, 0.15) is 0 Å². The van der Waals surface area contributed by atoms with Crippen LogP contribution >= 0.6 is 11.6 Å². The molecule has 6 nitrogen and oxygen atoms in total. The van der Waals surface area contributed by atoms with Crippen LogP contribution in [0, 0.1) is 0 Å². The third-order valence-electron chi connectivity index (χ3n) is 2.18. The second-order valence-electron chi connectivity index (χ2n) is 3.45. The van der Waals surface area contributed by atoms with Gasteiger partial charge in [-0.05, 0) is 12.1 Å². The van der Waals surface area contributed by atoms with Crippen LogP contribution in [0.5, 0.6) is 0 Å². The molecule has 0 bridgehead atoms. The summed E-state index contributed by atoms with van der Waals surface area (Å²) >= 11 is 5.68. The lowest BCUT2D eigenvalue weighted by molar-refractivity contribution is 0.0831. The zero-order valence-electron chi connectivity index (χ0n) is 8.52. The molecular formula is C9H14ClN3O3. The maximum absolute atomic E-state index is 9.11. The maximum Gasteiger partial charge on any atom is 0.151 e. The summed E-state index contributed by atoms with van der Waals surface area (Å²) in [5, 5.41) is 30.2. The van der Waals surface area contributed by atoms with Crippen LogP contribution in [0.4, 0.5) is 11.5 Å². The van der Waals surface area contributed by atoms with E-state index in [2.05, 4.69) is 10.3 Å². The molecule has 6 N–H and O–H groups in total. The standard InChI is InChI=1S/C9H14ClN3O3/c10-7-2-1-6(11)8(12-7)13-9(3-14,4-15)5-16/h1-2,14-16H,3-5,11H2,(H,12,13). The number of anilines is 2. The fourth-order valence-corrected chi connectivity index (χ4v) is 1.21. The van der Waals surface area contributed by atoms with E-state index in [0.29, 0.717) is 5.69 Å². The molecule has 16 heavy (non-hydrogen) atoms. The number of rotatable bonds is 5. The summed E-state index contributed by atoms with van der Waals surface area (Å²) in [5.41, 5.74) is 4.67. The average molecular weight is 248 g/mol. The molecule has 0 amide bonds. The lowest BCUT2D eigenvalue weighted by Gasteiger charge is -2.29. The zero-order valence-corrected chi connectivity index (χ0v) is 9.28. The number of hydrogen-bond acceptors (Lipinski definition) is 6. The number of halogens is 1. The summed E-state index contributed by atoms with van der Waals surface area (Å²) < 4.78 is 0. The molecule has 0 atom stereocenters. The van der Waals surface area contributed by atoms with Crippen LogP contribution < -0.4 is 11.1 Å². The molecule has 0 unspecified atom stereocenters. The van der Waals surface area contributed by atoms with Crippen LogP contribution in [0.25, 0.3) is 0 Å². The van der Waals surface area contributed by atoms with Crippen LogP contribution in [0.3, 0.4) is 0 Å². The summed E-state index contributed by atoms with van der Waals surface area (Å²) in [4.78, 5) is 3.90. The predicted octanol–water partition coefficient (Wildman–Crippen LogP) is -0.555. The molecule has 0 aliphatic heterocycles. The van der Waals surface area contributed by atoms with E-state index in [1.165, 1.54) is 12.1 Å². The van der Waals surface area contributed by atoms with Gasteiger partial charge in [0.1, 0.15) is 10.7 Å². The topological polar surface area (TPSA) is 112 Å². The van der Waals surface area contributed by atoms with E-state index in [0.717, 1.165) is 0 Å². The molecule has 7 heteroatoms. The van der Waals surface area contributed by atoms with Gasteiger partial charge in [-0.15, -0.1) is 0 Å².